The number of imidazole rings is 1. The molecule has 0 unspecified atom stereocenters. The highest BCUT2D eigenvalue weighted by Crippen LogP contribution is 2.33. The molecule has 0 radical (unpaired) electrons. The predicted octanol–water partition coefficient (Wildman–Crippen LogP) is 4.11. The van der Waals surface area contributed by atoms with Gasteiger partial charge < -0.3 is 14.6 Å². The van der Waals surface area contributed by atoms with Crippen LogP contribution >= 0.6 is 11.6 Å². The number of rotatable bonds is 5. The van der Waals surface area contributed by atoms with Gasteiger partial charge in [-0.05, 0) is 42.0 Å². The molecule has 0 saturated carbocycles. The molecule has 8 nitrogen and oxygen atoms in total. The Bertz CT molecular complexity index is 1220. The number of aromatic nitrogens is 4. The van der Waals surface area contributed by atoms with Gasteiger partial charge in [0.05, 0.1) is 29.3 Å². The molecule has 3 heterocycles. The summed E-state index contributed by atoms with van der Waals surface area (Å²) >= 11 is 5.97. The summed E-state index contributed by atoms with van der Waals surface area (Å²) in [7, 11) is 0. The van der Waals surface area contributed by atoms with Gasteiger partial charge in [0.1, 0.15) is 0 Å². The van der Waals surface area contributed by atoms with Crippen molar-refractivity contribution < 1.29 is 14.4 Å². The summed E-state index contributed by atoms with van der Waals surface area (Å²) in [5, 5.41) is 13.9. The molecule has 4 aromatic rings. The molecule has 1 atom stereocenters. The first-order valence-corrected chi connectivity index (χ1v) is 10.1. The number of hydrogen-bond donors (Lipinski definition) is 2. The number of fused-ring (bicyclic) bond motifs is 1. The summed E-state index contributed by atoms with van der Waals surface area (Å²) in [5.74, 6) is 0.0797. The Hall–Kier alpha value is -3.49. The number of carbonyl (C=O) groups is 1. The van der Waals surface area contributed by atoms with Gasteiger partial charge in [-0.1, -0.05) is 28.9 Å². The Morgan fingerprint density at radius 3 is 2.71 bits per heavy atom. The molecule has 1 aliphatic rings. The lowest BCUT2D eigenvalue weighted by atomic mass is 10.0. The molecule has 2 aromatic heterocycles. The second kappa shape index (κ2) is 7.98. The van der Waals surface area contributed by atoms with Crippen molar-refractivity contribution in [2.24, 2.45) is 0 Å². The van der Waals surface area contributed by atoms with Gasteiger partial charge in [-0.3, -0.25) is 4.90 Å². The minimum absolute atomic E-state index is 0.150. The van der Waals surface area contributed by atoms with Crippen molar-refractivity contribution >= 4 is 17.6 Å². The lowest BCUT2D eigenvalue weighted by Crippen LogP contribution is -2.34. The third kappa shape index (κ3) is 3.95. The maximum absolute atomic E-state index is 11.1. The molecule has 0 saturated heterocycles. The molecule has 0 spiro atoms. The fraction of sp³-hybridized carbons (Fsp3) is 0.182. The SMILES string of the molecule is O=C(O)c1ccc(CN2Cc3[nH]cnc3C[C@H]2c2nc(-c3ccc(Cl)cc3)no2)cc1. The van der Waals surface area contributed by atoms with E-state index >= 15 is 0 Å². The standard InChI is InChI=1S/C22H18ClN5O3/c23-16-7-5-14(6-8-16)20-26-21(31-27-20)19-9-17-18(25-12-24-17)11-28(19)10-13-1-3-15(4-2-13)22(29)30/h1-8,12,19H,9-11H2,(H,24,25)(H,29,30)/t19-/m0/s1. The van der Waals surface area contributed by atoms with Gasteiger partial charge in [0.15, 0.2) is 0 Å². The van der Waals surface area contributed by atoms with Gasteiger partial charge in [-0.2, -0.15) is 4.98 Å². The number of benzene rings is 2. The second-order valence-corrected chi connectivity index (χ2v) is 7.85. The van der Waals surface area contributed by atoms with Crippen molar-refractivity contribution in [1.29, 1.82) is 0 Å². The monoisotopic (exact) mass is 435 g/mol. The number of aromatic amines is 1. The second-order valence-electron chi connectivity index (χ2n) is 7.42. The average molecular weight is 436 g/mol. The number of carboxylic acid groups (broad SMARTS) is 1. The van der Waals surface area contributed by atoms with E-state index in [2.05, 4.69) is 25.0 Å². The Kier molecular flexibility index (Phi) is 5.01. The third-order valence-corrected chi connectivity index (χ3v) is 5.66. The lowest BCUT2D eigenvalue weighted by molar-refractivity contribution is 0.0697. The molecule has 31 heavy (non-hydrogen) atoms. The van der Waals surface area contributed by atoms with E-state index in [0.29, 0.717) is 36.2 Å². The highest BCUT2D eigenvalue weighted by molar-refractivity contribution is 6.30. The zero-order valence-corrected chi connectivity index (χ0v) is 17.1. The average Bonchev–Trinajstić information content (AvgIpc) is 3.43. The lowest BCUT2D eigenvalue weighted by Gasteiger charge is -2.32. The molecule has 0 bridgehead atoms. The molecule has 0 aliphatic carbocycles. The first-order chi connectivity index (χ1) is 15.1. The van der Waals surface area contributed by atoms with Crippen LogP contribution in [0.3, 0.4) is 0 Å². The van der Waals surface area contributed by atoms with E-state index in [9.17, 15) is 4.79 Å². The topological polar surface area (TPSA) is 108 Å². The van der Waals surface area contributed by atoms with E-state index in [-0.39, 0.29) is 11.6 Å². The first-order valence-electron chi connectivity index (χ1n) is 9.74. The molecule has 2 aromatic carbocycles. The van der Waals surface area contributed by atoms with E-state index < -0.39 is 5.97 Å². The summed E-state index contributed by atoms with van der Waals surface area (Å²) in [6.45, 7) is 1.24. The highest BCUT2D eigenvalue weighted by Gasteiger charge is 2.33. The fourth-order valence-corrected chi connectivity index (χ4v) is 3.90. The van der Waals surface area contributed by atoms with E-state index in [4.69, 9.17) is 21.2 Å². The van der Waals surface area contributed by atoms with Crippen molar-refractivity contribution in [2.75, 3.05) is 0 Å². The molecule has 0 amide bonds. The molecule has 5 rings (SSSR count). The molecular weight excluding hydrogens is 418 g/mol. The number of nitrogens with zero attached hydrogens (tertiary/aromatic N) is 4. The smallest absolute Gasteiger partial charge is 0.335 e. The van der Waals surface area contributed by atoms with Crippen molar-refractivity contribution in [2.45, 2.75) is 25.6 Å². The van der Waals surface area contributed by atoms with E-state index in [0.717, 1.165) is 22.5 Å². The Balaban J connectivity index is 1.43. The van der Waals surface area contributed by atoms with Gasteiger partial charge in [0.2, 0.25) is 11.7 Å². The van der Waals surface area contributed by atoms with Crippen LogP contribution in [0.25, 0.3) is 11.4 Å². The highest BCUT2D eigenvalue weighted by atomic mass is 35.5. The molecule has 156 valence electrons. The van der Waals surface area contributed by atoms with Gasteiger partial charge in [0, 0.05) is 30.1 Å². The zero-order chi connectivity index (χ0) is 21.4. The quantitative estimate of drug-likeness (QED) is 0.485. The van der Waals surface area contributed by atoms with E-state index in [1.54, 1.807) is 30.6 Å². The maximum Gasteiger partial charge on any atom is 0.335 e. The van der Waals surface area contributed by atoms with Crippen LogP contribution in [-0.2, 0) is 19.5 Å². The number of carboxylic acids is 1. The summed E-state index contributed by atoms with van der Waals surface area (Å²) < 4.78 is 5.65. The molecule has 9 heteroatoms. The van der Waals surface area contributed by atoms with Gasteiger partial charge >= 0.3 is 5.97 Å². The summed E-state index contributed by atoms with van der Waals surface area (Å²) in [4.78, 5) is 25.6. The van der Waals surface area contributed by atoms with Crippen LogP contribution in [0.15, 0.2) is 59.4 Å². The largest absolute Gasteiger partial charge is 0.478 e. The molecule has 0 fully saturated rings. The van der Waals surface area contributed by atoms with Gasteiger partial charge in [0.25, 0.3) is 0 Å². The van der Waals surface area contributed by atoms with Crippen LogP contribution in [0.1, 0.15) is 39.2 Å². The van der Waals surface area contributed by atoms with Crippen molar-refractivity contribution in [3.05, 3.63) is 88.3 Å². The summed E-state index contributed by atoms with van der Waals surface area (Å²) in [6.07, 6.45) is 2.33. The maximum atomic E-state index is 11.1. The van der Waals surface area contributed by atoms with Crippen molar-refractivity contribution in [1.82, 2.24) is 25.0 Å². The molecule has 2 N–H and O–H groups in total. The van der Waals surface area contributed by atoms with Gasteiger partial charge in [-0.25, -0.2) is 9.78 Å². The van der Waals surface area contributed by atoms with Crippen LogP contribution in [0.5, 0.6) is 0 Å². The van der Waals surface area contributed by atoms with Crippen molar-refractivity contribution in [3.63, 3.8) is 0 Å². The summed E-state index contributed by atoms with van der Waals surface area (Å²) in [5.41, 5.74) is 4.12. The zero-order valence-electron chi connectivity index (χ0n) is 16.3. The predicted molar refractivity (Wildman–Crippen MR) is 112 cm³/mol. The Labute approximate surface area is 182 Å². The minimum Gasteiger partial charge on any atom is -0.478 e. The van der Waals surface area contributed by atoms with E-state index in [1.165, 1.54) is 0 Å². The number of H-pyrrole nitrogens is 1. The first kappa shape index (κ1) is 19.5. The Morgan fingerprint density at radius 1 is 1.19 bits per heavy atom. The van der Waals surface area contributed by atoms with E-state index in [1.807, 2.05) is 24.3 Å². The minimum atomic E-state index is -0.940. The van der Waals surface area contributed by atoms with Crippen LogP contribution < -0.4 is 0 Å². The van der Waals surface area contributed by atoms with Crippen LogP contribution in [0, 0.1) is 0 Å². The van der Waals surface area contributed by atoms with Crippen LogP contribution in [0.2, 0.25) is 5.02 Å². The number of nitrogens with one attached hydrogen (secondary N) is 1. The molecule has 1 aliphatic heterocycles. The van der Waals surface area contributed by atoms with Gasteiger partial charge in [-0.15, -0.1) is 0 Å². The number of hydrogen-bond acceptors (Lipinski definition) is 6. The normalized spacial score (nSPS) is 16.2. The molecular formula is C22H18ClN5O3. The summed E-state index contributed by atoms with van der Waals surface area (Å²) in [6, 6.07) is 14.0. The number of halogens is 1. The van der Waals surface area contributed by atoms with Crippen LogP contribution in [0.4, 0.5) is 0 Å². The Morgan fingerprint density at radius 2 is 1.97 bits per heavy atom. The fourth-order valence-electron chi connectivity index (χ4n) is 3.77. The van der Waals surface area contributed by atoms with Crippen LogP contribution in [-0.4, -0.2) is 36.1 Å². The third-order valence-electron chi connectivity index (χ3n) is 5.41. The number of aromatic carboxylic acids is 1. The van der Waals surface area contributed by atoms with Crippen molar-refractivity contribution in [3.8, 4) is 11.4 Å².